The lowest BCUT2D eigenvalue weighted by Crippen LogP contribution is -2.60. The molecule has 1 aromatic rings. The van der Waals surface area contributed by atoms with Gasteiger partial charge in [0.15, 0.2) is 6.61 Å². The van der Waals surface area contributed by atoms with Crippen LogP contribution < -0.4 is 10.2 Å². The molecule has 4 aliphatic carbocycles. The van der Waals surface area contributed by atoms with E-state index in [1.165, 1.54) is 4.90 Å². The first-order chi connectivity index (χ1) is 14.1. The Balaban J connectivity index is 1.34. The first-order valence-corrected chi connectivity index (χ1v) is 10.8. The van der Waals surface area contributed by atoms with E-state index in [2.05, 4.69) is 5.32 Å². The Bertz CT molecular complexity index is 925. The molecule has 2 N–H and O–H groups in total. The van der Waals surface area contributed by atoms with Gasteiger partial charge < -0.3 is 15.2 Å². The van der Waals surface area contributed by atoms with Crippen LogP contribution in [0.1, 0.15) is 52.4 Å². The summed E-state index contributed by atoms with van der Waals surface area (Å²) in [5.41, 5.74) is -1.39. The SMILES string of the molecule is CC1(C)C(=O)Nc2ccccc2N1C(=O)COC(=O)C12C[C@@H]3C[C@@H](CC(O)(C3)C1)C2. The Hall–Kier alpha value is -2.41. The van der Waals surface area contributed by atoms with E-state index >= 15 is 0 Å². The number of esters is 1. The van der Waals surface area contributed by atoms with Crippen LogP contribution in [0.3, 0.4) is 0 Å². The first kappa shape index (κ1) is 19.5. The third-order valence-electron chi connectivity index (χ3n) is 7.55. The van der Waals surface area contributed by atoms with Crippen molar-refractivity contribution in [3.05, 3.63) is 24.3 Å². The second kappa shape index (κ2) is 6.30. The van der Waals surface area contributed by atoms with Crippen molar-refractivity contribution < 1.29 is 24.2 Å². The maximum absolute atomic E-state index is 13.1. The Morgan fingerprint density at radius 2 is 1.83 bits per heavy atom. The zero-order valence-electron chi connectivity index (χ0n) is 17.4. The molecular weight excluding hydrogens is 384 g/mol. The summed E-state index contributed by atoms with van der Waals surface area (Å²) in [5, 5.41) is 13.7. The molecule has 160 valence electrons. The molecule has 2 unspecified atom stereocenters. The maximum Gasteiger partial charge on any atom is 0.312 e. The van der Waals surface area contributed by atoms with Gasteiger partial charge in [-0.2, -0.15) is 0 Å². The molecule has 4 bridgehead atoms. The van der Waals surface area contributed by atoms with Gasteiger partial charge in [-0.15, -0.1) is 0 Å². The zero-order chi connectivity index (χ0) is 21.3. The monoisotopic (exact) mass is 412 g/mol. The number of ether oxygens (including phenoxy) is 1. The Kier molecular flexibility index (Phi) is 4.10. The predicted molar refractivity (Wildman–Crippen MR) is 110 cm³/mol. The van der Waals surface area contributed by atoms with Gasteiger partial charge in [0.1, 0.15) is 5.54 Å². The molecule has 5 aliphatic rings. The van der Waals surface area contributed by atoms with Gasteiger partial charge in [-0.3, -0.25) is 19.3 Å². The van der Waals surface area contributed by atoms with Crippen LogP contribution in [0.15, 0.2) is 24.3 Å². The summed E-state index contributed by atoms with van der Waals surface area (Å²) in [6, 6.07) is 7.10. The average molecular weight is 412 g/mol. The number of benzene rings is 1. The highest BCUT2D eigenvalue weighted by Gasteiger charge is 2.61. The van der Waals surface area contributed by atoms with E-state index in [9.17, 15) is 19.5 Å². The molecule has 4 saturated carbocycles. The van der Waals surface area contributed by atoms with E-state index in [-0.39, 0.29) is 11.9 Å². The fourth-order valence-corrected chi connectivity index (χ4v) is 6.70. The third kappa shape index (κ3) is 2.86. The van der Waals surface area contributed by atoms with Gasteiger partial charge in [0.2, 0.25) is 5.91 Å². The molecule has 4 fully saturated rings. The predicted octanol–water partition coefficient (Wildman–Crippen LogP) is 2.62. The number of rotatable bonds is 3. The van der Waals surface area contributed by atoms with Gasteiger partial charge in [-0.1, -0.05) is 12.1 Å². The largest absolute Gasteiger partial charge is 0.455 e. The number of fused-ring (bicyclic) bond motifs is 1. The highest BCUT2D eigenvalue weighted by Crippen LogP contribution is 2.62. The lowest BCUT2D eigenvalue weighted by molar-refractivity contribution is -0.196. The van der Waals surface area contributed by atoms with Gasteiger partial charge >= 0.3 is 5.97 Å². The molecule has 2 amide bonds. The number of carbonyl (C=O) groups is 3. The normalized spacial score (nSPS) is 35.6. The molecule has 7 heteroatoms. The van der Waals surface area contributed by atoms with Gasteiger partial charge in [-0.05, 0) is 76.3 Å². The molecule has 1 heterocycles. The lowest BCUT2D eigenvalue weighted by atomic mass is 9.48. The summed E-state index contributed by atoms with van der Waals surface area (Å²) in [7, 11) is 0. The molecule has 0 spiro atoms. The molecule has 1 aliphatic heterocycles. The summed E-state index contributed by atoms with van der Waals surface area (Å²) in [4.78, 5) is 40.2. The summed E-state index contributed by atoms with van der Waals surface area (Å²) in [5.74, 6) is -0.383. The summed E-state index contributed by atoms with van der Waals surface area (Å²) < 4.78 is 5.56. The molecule has 1 aromatic carbocycles. The minimum atomic E-state index is -1.10. The number of hydrogen-bond donors (Lipinski definition) is 2. The van der Waals surface area contributed by atoms with Crippen molar-refractivity contribution in [1.82, 2.24) is 0 Å². The van der Waals surface area contributed by atoms with Crippen molar-refractivity contribution in [2.24, 2.45) is 17.3 Å². The molecule has 6 rings (SSSR count). The molecule has 4 atom stereocenters. The Morgan fingerprint density at radius 1 is 1.17 bits per heavy atom. The van der Waals surface area contributed by atoms with Crippen LogP contribution in [-0.2, 0) is 19.1 Å². The molecular formula is C23H28N2O5. The number of nitrogens with one attached hydrogen (secondary N) is 1. The van der Waals surface area contributed by atoms with Crippen LogP contribution in [-0.4, -0.2) is 40.6 Å². The Labute approximate surface area is 175 Å². The molecule has 0 radical (unpaired) electrons. The van der Waals surface area contributed by atoms with Crippen molar-refractivity contribution in [3.63, 3.8) is 0 Å². The average Bonchev–Trinajstić information content (AvgIpc) is 2.64. The van der Waals surface area contributed by atoms with Gasteiger partial charge in [-0.25, -0.2) is 0 Å². The summed E-state index contributed by atoms with van der Waals surface area (Å²) >= 11 is 0. The van der Waals surface area contributed by atoms with Gasteiger partial charge in [0.05, 0.1) is 22.4 Å². The van der Waals surface area contributed by atoms with E-state index in [0.717, 1.165) is 32.1 Å². The van der Waals surface area contributed by atoms with Crippen LogP contribution >= 0.6 is 0 Å². The standard InChI is InChI=1S/C23H28N2O5/c1-21(2)19(27)24-16-5-3-4-6-17(16)25(21)18(26)12-30-20(28)22-8-14-7-15(9-22)11-23(29,10-14)13-22/h3-6,14-15,29H,7-13H2,1-2H3,(H,24,27)/t14-,15+,22?,23?. The van der Waals surface area contributed by atoms with E-state index in [4.69, 9.17) is 4.74 Å². The van der Waals surface area contributed by atoms with Crippen LogP contribution in [0, 0.1) is 17.3 Å². The minimum Gasteiger partial charge on any atom is -0.455 e. The van der Waals surface area contributed by atoms with Crippen molar-refractivity contribution in [1.29, 1.82) is 0 Å². The zero-order valence-corrected chi connectivity index (χ0v) is 17.4. The second-order valence-corrected chi connectivity index (χ2v) is 10.3. The van der Waals surface area contributed by atoms with E-state index in [1.54, 1.807) is 38.1 Å². The quantitative estimate of drug-likeness (QED) is 0.744. The maximum atomic E-state index is 13.1. The van der Waals surface area contributed by atoms with Crippen molar-refractivity contribution in [2.45, 2.75) is 63.5 Å². The van der Waals surface area contributed by atoms with Crippen LogP contribution in [0.25, 0.3) is 0 Å². The lowest BCUT2D eigenvalue weighted by Gasteiger charge is -2.58. The fourth-order valence-electron chi connectivity index (χ4n) is 6.70. The highest BCUT2D eigenvalue weighted by atomic mass is 16.5. The minimum absolute atomic E-state index is 0.288. The topological polar surface area (TPSA) is 95.9 Å². The second-order valence-electron chi connectivity index (χ2n) is 10.3. The molecule has 7 nitrogen and oxygen atoms in total. The molecule has 0 aromatic heterocycles. The van der Waals surface area contributed by atoms with Crippen molar-refractivity contribution in [2.75, 3.05) is 16.8 Å². The number of anilines is 2. The van der Waals surface area contributed by atoms with E-state index in [1.807, 2.05) is 0 Å². The van der Waals surface area contributed by atoms with Crippen molar-refractivity contribution in [3.8, 4) is 0 Å². The number of aliphatic hydroxyl groups is 1. The number of nitrogens with zero attached hydrogens (tertiary/aromatic N) is 1. The van der Waals surface area contributed by atoms with Crippen molar-refractivity contribution >= 4 is 29.2 Å². The molecule has 30 heavy (non-hydrogen) atoms. The summed E-state index contributed by atoms with van der Waals surface area (Å²) in [6.07, 6.45) is 4.51. The fraction of sp³-hybridized carbons (Fsp3) is 0.609. The Morgan fingerprint density at radius 3 is 2.50 bits per heavy atom. The summed E-state index contributed by atoms with van der Waals surface area (Å²) in [6.45, 7) is 2.93. The van der Waals surface area contributed by atoms with Gasteiger partial charge in [0, 0.05) is 0 Å². The first-order valence-electron chi connectivity index (χ1n) is 10.8. The third-order valence-corrected chi connectivity index (χ3v) is 7.55. The highest BCUT2D eigenvalue weighted by molar-refractivity contribution is 6.14. The number of amides is 2. The van der Waals surface area contributed by atoms with Crippen LogP contribution in [0.2, 0.25) is 0 Å². The van der Waals surface area contributed by atoms with E-state index < -0.39 is 29.1 Å². The van der Waals surface area contributed by atoms with Crippen LogP contribution in [0.5, 0.6) is 0 Å². The number of carbonyl (C=O) groups excluding carboxylic acids is 3. The number of para-hydroxylation sites is 2. The molecule has 0 saturated heterocycles. The van der Waals surface area contributed by atoms with Crippen LogP contribution in [0.4, 0.5) is 11.4 Å². The smallest absolute Gasteiger partial charge is 0.312 e. The van der Waals surface area contributed by atoms with E-state index in [0.29, 0.717) is 29.6 Å². The number of hydrogen-bond acceptors (Lipinski definition) is 5. The van der Waals surface area contributed by atoms with Gasteiger partial charge in [0.25, 0.3) is 5.91 Å².